The highest BCUT2D eigenvalue weighted by Gasteiger charge is 1.98. The van der Waals surface area contributed by atoms with Crippen molar-refractivity contribution in [2.24, 2.45) is 0 Å². The average molecular weight is 272 g/mol. The molecule has 0 amide bonds. The van der Waals surface area contributed by atoms with Crippen molar-refractivity contribution in [3.8, 4) is 0 Å². The Bertz CT molecular complexity index is 362. The van der Waals surface area contributed by atoms with Crippen molar-refractivity contribution in [3.63, 3.8) is 0 Å². The van der Waals surface area contributed by atoms with Gasteiger partial charge >= 0.3 is 0 Å². The van der Waals surface area contributed by atoms with Crippen LogP contribution in [0.2, 0.25) is 0 Å². The Hall–Kier alpha value is -1.04. The molecule has 0 heterocycles. The van der Waals surface area contributed by atoms with Gasteiger partial charge in [-0.1, -0.05) is 88.8 Å². The van der Waals surface area contributed by atoms with Gasteiger partial charge < -0.3 is 0 Å². The van der Waals surface area contributed by atoms with Gasteiger partial charge in [0.25, 0.3) is 0 Å². The molecule has 0 spiro atoms. The van der Waals surface area contributed by atoms with Crippen LogP contribution in [0.25, 0.3) is 6.08 Å². The zero-order chi connectivity index (χ0) is 14.5. The van der Waals surface area contributed by atoms with Crippen molar-refractivity contribution >= 4 is 6.08 Å². The second kappa shape index (κ2) is 11.8. The molecule has 0 bridgehead atoms. The van der Waals surface area contributed by atoms with E-state index in [1.807, 2.05) is 0 Å². The SMILES string of the molecule is CCCCCCC=Cc1ccccc1CCCCCC. The Balaban J connectivity index is 2.38. The van der Waals surface area contributed by atoms with Crippen molar-refractivity contribution in [1.29, 1.82) is 0 Å². The minimum absolute atomic E-state index is 1.23. The zero-order valence-electron chi connectivity index (χ0n) is 13.5. The lowest BCUT2D eigenvalue weighted by atomic mass is 10.00. The summed E-state index contributed by atoms with van der Waals surface area (Å²) in [6.45, 7) is 4.54. The molecule has 0 N–H and O–H groups in total. The molecule has 0 aliphatic heterocycles. The average Bonchev–Trinajstić information content (AvgIpc) is 2.48. The summed E-state index contributed by atoms with van der Waals surface area (Å²) in [5, 5.41) is 0. The second-order valence-electron chi connectivity index (χ2n) is 5.76. The van der Waals surface area contributed by atoms with Crippen LogP contribution in [0.15, 0.2) is 30.3 Å². The third-order valence-electron chi connectivity index (χ3n) is 3.88. The second-order valence-corrected chi connectivity index (χ2v) is 5.76. The van der Waals surface area contributed by atoms with Crippen LogP contribution in [-0.4, -0.2) is 0 Å². The topological polar surface area (TPSA) is 0 Å². The molecule has 0 saturated heterocycles. The van der Waals surface area contributed by atoms with Crippen LogP contribution < -0.4 is 0 Å². The first kappa shape index (κ1) is 17.0. The van der Waals surface area contributed by atoms with Crippen molar-refractivity contribution in [1.82, 2.24) is 0 Å². The maximum Gasteiger partial charge on any atom is -0.0228 e. The highest BCUT2D eigenvalue weighted by Crippen LogP contribution is 2.15. The number of hydrogen-bond acceptors (Lipinski definition) is 0. The molecule has 112 valence electrons. The summed E-state index contributed by atoms with van der Waals surface area (Å²) in [6.07, 6.45) is 18.0. The minimum atomic E-state index is 1.23. The van der Waals surface area contributed by atoms with Crippen molar-refractivity contribution in [3.05, 3.63) is 41.5 Å². The van der Waals surface area contributed by atoms with E-state index in [1.165, 1.54) is 75.3 Å². The summed E-state index contributed by atoms with van der Waals surface area (Å²) in [4.78, 5) is 0. The first-order valence-electron chi connectivity index (χ1n) is 8.63. The van der Waals surface area contributed by atoms with Crippen molar-refractivity contribution in [2.75, 3.05) is 0 Å². The minimum Gasteiger partial charge on any atom is -0.0839 e. The number of benzene rings is 1. The molecule has 0 atom stereocenters. The van der Waals surface area contributed by atoms with Crippen molar-refractivity contribution in [2.45, 2.75) is 78.1 Å². The lowest BCUT2D eigenvalue weighted by Gasteiger charge is -2.06. The molecule has 0 fully saturated rings. The monoisotopic (exact) mass is 272 g/mol. The van der Waals surface area contributed by atoms with Gasteiger partial charge in [-0.3, -0.25) is 0 Å². The van der Waals surface area contributed by atoms with E-state index in [9.17, 15) is 0 Å². The number of hydrogen-bond donors (Lipinski definition) is 0. The molecule has 0 aromatic heterocycles. The number of aryl methyl sites for hydroxylation is 1. The first-order chi connectivity index (χ1) is 9.88. The van der Waals surface area contributed by atoms with Crippen LogP contribution in [-0.2, 0) is 6.42 Å². The van der Waals surface area contributed by atoms with E-state index >= 15 is 0 Å². The largest absolute Gasteiger partial charge is 0.0839 e. The third-order valence-corrected chi connectivity index (χ3v) is 3.88. The third kappa shape index (κ3) is 7.53. The summed E-state index contributed by atoms with van der Waals surface area (Å²) in [7, 11) is 0. The van der Waals surface area contributed by atoms with Gasteiger partial charge in [-0.25, -0.2) is 0 Å². The Morgan fingerprint density at radius 1 is 0.800 bits per heavy atom. The van der Waals surface area contributed by atoms with Crippen LogP contribution in [0, 0.1) is 0 Å². The lowest BCUT2D eigenvalue weighted by Crippen LogP contribution is -1.89. The quantitative estimate of drug-likeness (QED) is 0.389. The fourth-order valence-electron chi connectivity index (χ4n) is 2.57. The molecule has 1 aromatic rings. The molecule has 0 aliphatic rings. The summed E-state index contributed by atoms with van der Waals surface area (Å²) in [5.41, 5.74) is 2.95. The maximum atomic E-state index is 2.36. The van der Waals surface area contributed by atoms with Crippen molar-refractivity contribution < 1.29 is 0 Å². The van der Waals surface area contributed by atoms with Crippen LogP contribution in [0.5, 0.6) is 0 Å². The van der Waals surface area contributed by atoms with Crippen LogP contribution in [0.3, 0.4) is 0 Å². The van der Waals surface area contributed by atoms with Gasteiger partial charge in [0, 0.05) is 0 Å². The summed E-state index contributed by atoms with van der Waals surface area (Å²) in [6, 6.07) is 8.89. The van der Waals surface area contributed by atoms with Crippen LogP contribution in [0.1, 0.15) is 82.8 Å². The zero-order valence-corrected chi connectivity index (χ0v) is 13.5. The van der Waals surface area contributed by atoms with E-state index in [0.29, 0.717) is 0 Å². The number of allylic oxidation sites excluding steroid dienone is 1. The van der Waals surface area contributed by atoms with Gasteiger partial charge in [-0.15, -0.1) is 0 Å². The van der Waals surface area contributed by atoms with Gasteiger partial charge in [0.2, 0.25) is 0 Å². The summed E-state index contributed by atoms with van der Waals surface area (Å²) in [5.74, 6) is 0. The molecular formula is C20H32. The van der Waals surface area contributed by atoms with Crippen LogP contribution in [0.4, 0.5) is 0 Å². The molecule has 0 saturated carbocycles. The predicted octanol–water partition coefficient (Wildman–Crippen LogP) is 6.79. The molecule has 0 aliphatic carbocycles. The molecule has 0 heteroatoms. The standard InChI is InChI=1S/C20H32/c1-3-5-7-9-10-12-16-20-18-14-13-17-19(20)15-11-8-6-4-2/h12-14,16-18H,3-11,15H2,1-2H3. The first-order valence-corrected chi connectivity index (χ1v) is 8.63. The van der Waals surface area contributed by atoms with E-state index in [1.54, 1.807) is 0 Å². The number of unbranched alkanes of at least 4 members (excludes halogenated alkanes) is 7. The maximum absolute atomic E-state index is 2.36. The van der Waals surface area contributed by atoms with Gasteiger partial charge in [0.15, 0.2) is 0 Å². The Kier molecular flexibility index (Phi) is 10.0. The molecular weight excluding hydrogens is 240 g/mol. The van der Waals surface area contributed by atoms with Gasteiger partial charge in [-0.2, -0.15) is 0 Å². The van der Waals surface area contributed by atoms with Crippen LogP contribution >= 0.6 is 0 Å². The normalized spacial score (nSPS) is 11.3. The molecule has 1 aromatic carbocycles. The highest BCUT2D eigenvalue weighted by atomic mass is 14.0. The number of rotatable bonds is 11. The van der Waals surface area contributed by atoms with E-state index < -0.39 is 0 Å². The van der Waals surface area contributed by atoms with Gasteiger partial charge in [-0.05, 0) is 36.8 Å². The van der Waals surface area contributed by atoms with E-state index in [2.05, 4.69) is 50.3 Å². The molecule has 0 nitrogen and oxygen atoms in total. The van der Waals surface area contributed by atoms with E-state index in [-0.39, 0.29) is 0 Å². The smallest absolute Gasteiger partial charge is 0.0228 e. The molecule has 0 unspecified atom stereocenters. The fraction of sp³-hybridized carbons (Fsp3) is 0.600. The summed E-state index contributed by atoms with van der Waals surface area (Å²) >= 11 is 0. The summed E-state index contributed by atoms with van der Waals surface area (Å²) < 4.78 is 0. The van der Waals surface area contributed by atoms with Gasteiger partial charge in [0.1, 0.15) is 0 Å². The Morgan fingerprint density at radius 2 is 1.50 bits per heavy atom. The molecule has 0 radical (unpaired) electrons. The fourth-order valence-corrected chi connectivity index (χ4v) is 2.57. The van der Waals surface area contributed by atoms with Gasteiger partial charge in [0.05, 0.1) is 0 Å². The molecule has 1 rings (SSSR count). The Morgan fingerprint density at radius 3 is 2.25 bits per heavy atom. The highest BCUT2D eigenvalue weighted by molar-refractivity contribution is 5.53. The van der Waals surface area contributed by atoms with E-state index in [0.717, 1.165) is 0 Å². The molecule has 20 heavy (non-hydrogen) atoms. The lowest BCUT2D eigenvalue weighted by molar-refractivity contribution is 0.666. The Labute approximate surface area is 126 Å². The van der Waals surface area contributed by atoms with E-state index in [4.69, 9.17) is 0 Å². The predicted molar refractivity (Wildman–Crippen MR) is 92.1 cm³/mol.